The summed E-state index contributed by atoms with van der Waals surface area (Å²) in [6.07, 6.45) is 3.88. The standard InChI is InChI=1S/C17H22O4/c1-9-8-20-14-7-12-13(21-11(3)18)6-5-10(2)17(12,4)16(19)15(9)14/h8,10,12-13H,5-7H2,1-4H3/t10-,12-,13+,17+/m0/s1. The van der Waals surface area contributed by atoms with Crippen LogP contribution in [0.4, 0.5) is 0 Å². The molecule has 3 rings (SSSR count). The van der Waals surface area contributed by atoms with Gasteiger partial charge in [-0.25, -0.2) is 0 Å². The van der Waals surface area contributed by atoms with Crippen molar-refractivity contribution >= 4 is 11.8 Å². The predicted molar refractivity (Wildman–Crippen MR) is 77.0 cm³/mol. The van der Waals surface area contributed by atoms with Gasteiger partial charge < -0.3 is 9.15 Å². The third-order valence-electron chi connectivity index (χ3n) is 5.62. The Hall–Kier alpha value is -1.58. The SMILES string of the molecule is CC(=O)O[C@@H]1CC[C@H](C)[C@@]2(C)C(=O)c3c(C)coc3C[C@@H]12. The highest BCUT2D eigenvalue weighted by Gasteiger charge is 2.56. The maximum Gasteiger partial charge on any atom is 0.302 e. The van der Waals surface area contributed by atoms with Crippen molar-refractivity contribution < 1.29 is 18.7 Å². The summed E-state index contributed by atoms with van der Waals surface area (Å²) in [4.78, 5) is 24.5. The van der Waals surface area contributed by atoms with Gasteiger partial charge in [0.2, 0.25) is 0 Å². The van der Waals surface area contributed by atoms with Crippen molar-refractivity contribution in [3.05, 3.63) is 23.2 Å². The second-order valence-electron chi connectivity index (χ2n) is 6.77. The summed E-state index contributed by atoms with van der Waals surface area (Å²) in [5.41, 5.74) is 1.19. The minimum atomic E-state index is -0.472. The van der Waals surface area contributed by atoms with Crippen molar-refractivity contribution in [3.8, 4) is 0 Å². The molecule has 2 aliphatic carbocycles. The van der Waals surface area contributed by atoms with Crippen LogP contribution < -0.4 is 0 Å². The van der Waals surface area contributed by atoms with Crippen molar-refractivity contribution in [2.45, 2.75) is 53.1 Å². The molecule has 0 aliphatic heterocycles. The number of carbonyl (C=O) groups is 2. The number of rotatable bonds is 1. The lowest BCUT2D eigenvalue weighted by Gasteiger charge is -2.50. The normalized spacial score (nSPS) is 35.0. The van der Waals surface area contributed by atoms with E-state index in [1.807, 2.05) is 13.8 Å². The fourth-order valence-corrected chi connectivity index (χ4v) is 4.18. The van der Waals surface area contributed by atoms with E-state index in [-0.39, 0.29) is 29.7 Å². The van der Waals surface area contributed by atoms with Crippen LogP contribution in [-0.2, 0) is 16.0 Å². The molecule has 0 saturated heterocycles. The molecular formula is C17H22O4. The predicted octanol–water partition coefficient (Wildman–Crippen LogP) is 3.31. The highest BCUT2D eigenvalue weighted by atomic mass is 16.5. The molecule has 0 aromatic carbocycles. The van der Waals surface area contributed by atoms with Crippen molar-refractivity contribution in [3.63, 3.8) is 0 Å². The van der Waals surface area contributed by atoms with Crippen LogP contribution in [0.3, 0.4) is 0 Å². The lowest BCUT2D eigenvalue weighted by atomic mass is 9.54. The van der Waals surface area contributed by atoms with Gasteiger partial charge in [0.1, 0.15) is 11.9 Å². The summed E-state index contributed by atoms with van der Waals surface area (Å²) >= 11 is 0. The van der Waals surface area contributed by atoms with Gasteiger partial charge in [-0.15, -0.1) is 0 Å². The van der Waals surface area contributed by atoms with Crippen LogP contribution in [-0.4, -0.2) is 17.9 Å². The molecular weight excluding hydrogens is 268 g/mol. The Kier molecular flexibility index (Phi) is 3.23. The Morgan fingerprint density at radius 1 is 1.43 bits per heavy atom. The number of hydrogen-bond donors (Lipinski definition) is 0. The lowest BCUT2D eigenvalue weighted by Crippen LogP contribution is -2.54. The minimum Gasteiger partial charge on any atom is -0.468 e. The van der Waals surface area contributed by atoms with Crippen molar-refractivity contribution in [1.82, 2.24) is 0 Å². The van der Waals surface area contributed by atoms with E-state index < -0.39 is 5.41 Å². The van der Waals surface area contributed by atoms with E-state index in [4.69, 9.17) is 9.15 Å². The molecule has 0 spiro atoms. The molecule has 2 aliphatic rings. The first kappa shape index (κ1) is 14.4. The van der Waals surface area contributed by atoms with Crippen LogP contribution in [0.25, 0.3) is 0 Å². The molecule has 1 heterocycles. The van der Waals surface area contributed by atoms with E-state index >= 15 is 0 Å². The quantitative estimate of drug-likeness (QED) is 0.745. The summed E-state index contributed by atoms with van der Waals surface area (Å²) in [5, 5.41) is 0. The molecule has 4 atom stereocenters. The first-order valence-corrected chi connectivity index (χ1v) is 7.64. The van der Waals surface area contributed by atoms with E-state index in [2.05, 4.69) is 6.92 Å². The second kappa shape index (κ2) is 4.72. The largest absolute Gasteiger partial charge is 0.468 e. The van der Waals surface area contributed by atoms with Crippen LogP contribution >= 0.6 is 0 Å². The fourth-order valence-electron chi connectivity index (χ4n) is 4.18. The van der Waals surface area contributed by atoms with Gasteiger partial charge >= 0.3 is 5.97 Å². The molecule has 1 fully saturated rings. The molecule has 0 amide bonds. The third-order valence-corrected chi connectivity index (χ3v) is 5.62. The number of Topliss-reactive ketones (excluding diaryl/α,β-unsaturated/α-hetero) is 1. The Labute approximate surface area is 124 Å². The smallest absolute Gasteiger partial charge is 0.302 e. The van der Waals surface area contributed by atoms with E-state index in [0.29, 0.717) is 6.42 Å². The third kappa shape index (κ3) is 1.95. The van der Waals surface area contributed by atoms with Crippen LogP contribution in [0.2, 0.25) is 0 Å². The molecule has 21 heavy (non-hydrogen) atoms. The Balaban J connectivity index is 2.06. The van der Waals surface area contributed by atoms with Gasteiger partial charge in [0.15, 0.2) is 5.78 Å². The highest BCUT2D eigenvalue weighted by Crippen LogP contribution is 2.53. The average molecular weight is 290 g/mol. The minimum absolute atomic E-state index is 0.00991. The van der Waals surface area contributed by atoms with E-state index in [1.54, 1.807) is 6.26 Å². The van der Waals surface area contributed by atoms with Crippen molar-refractivity contribution in [2.75, 3.05) is 0 Å². The number of hydrogen-bond acceptors (Lipinski definition) is 4. The molecule has 114 valence electrons. The zero-order valence-corrected chi connectivity index (χ0v) is 13.1. The van der Waals surface area contributed by atoms with Crippen LogP contribution in [0.15, 0.2) is 10.7 Å². The lowest BCUT2D eigenvalue weighted by molar-refractivity contribution is -0.156. The summed E-state index contributed by atoms with van der Waals surface area (Å²) in [7, 11) is 0. The summed E-state index contributed by atoms with van der Waals surface area (Å²) < 4.78 is 11.1. The zero-order chi connectivity index (χ0) is 15.4. The molecule has 0 N–H and O–H groups in total. The molecule has 1 aromatic rings. The molecule has 1 aromatic heterocycles. The molecule has 0 bridgehead atoms. The number of esters is 1. The van der Waals surface area contributed by atoms with Crippen LogP contribution in [0.1, 0.15) is 55.3 Å². The zero-order valence-electron chi connectivity index (χ0n) is 13.1. The molecule has 0 unspecified atom stereocenters. The number of carbonyl (C=O) groups excluding carboxylic acids is 2. The first-order valence-electron chi connectivity index (χ1n) is 7.64. The van der Waals surface area contributed by atoms with Gasteiger partial charge in [0, 0.05) is 24.7 Å². The maximum atomic E-state index is 13.1. The van der Waals surface area contributed by atoms with E-state index in [9.17, 15) is 9.59 Å². The average Bonchev–Trinajstić information content (AvgIpc) is 2.78. The number of furan rings is 1. The van der Waals surface area contributed by atoms with Gasteiger partial charge in [0.05, 0.1) is 11.8 Å². The maximum absolute atomic E-state index is 13.1. The number of fused-ring (bicyclic) bond motifs is 2. The highest BCUT2D eigenvalue weighted by molar-refractivity contribution is 6.04. The van der Waals surface area contributed by atoms with Gasteiger partial charge in [0.25, 0.3) is 0 Å². The van der Waals surface area contributed by atoms with Crippen molar-refractivity contribution in [1.29, 1.82) is 0 Å². The number of ketones is 1. The van der Waals surface area contributed by atoms with Gasteiger partial charge in [-0.1, -0.05) is 13.8 Å². The number of aryl methyl sites for hydroxylation is 1. The number of ether oxygens (including phenoxy) is 1. The monoisotopic (exact) mass is 290 g/mol. The molecule has 4 nitrogen and oxygen atoms in total. The second-order valence-corrected chi connectivity index (χ2v) is 6.77. The molecule has 4 heteroatoms. The Morgan fingerprint density at radius 3 is 2.81 bits per heavy atom. The van der Waals surface area contributed by atoms with Gasteiger partial charge in [-0.3, -0.25) is 9.59 Å². The molecule has 0 radical (unpaired) electrons. The fraction of sp³-hybridized carbons (Fsp3) is 0.647. The van der Waals surface area contributed by atoms with E-state index in [0.717, 1.165) is 29.7 Å². The van der Waals surface area contributed by atoms with E-state index in [1.165, 1.54) is 6.92 Å². The first-order chi connectivity index (χ1) is 9.85. The van der Waals surface area contributed by atoms with Gasteiger partial charge in [-0.2, -0.15) is 0 Å². The summed E-state index contributed by atoms with van der Waals surface area (Å²) in [5.74, 6) is 0.932. The van der Waals surface area contributed by atoms with Gasteiger partial charge in [-0.05, 0) is 31.2 Å². The van der Waals surface area contributed by atoms with Crippen LogP contribution in [0.5, 0.6) is 0 Å². The van der Waals surface area contributed by atoms with Crippen LogP contribution in [0, 0.1) is 24.2 Å². The molecule has 1 saturated carbocycles. The Morgan fingerprint density at radius 2 is 2.14 bits per heavy atom. The summed E-state index contributed by atoms with van der Waals surface area (Å²) in [6, 6.07) is 0. The topological polar surface area (TPSA) is 56.5 Å². The van der Waals surface area contributed by atoms with Crippen molar-refractivity contribution in [2.24, 2.45) is 17.3 Å². The Bertz CT molecular complexity index is 600. The summed E-state index contributed by atoms with van der Waals surface area (Å²) in [6.45, 7) is 7.52.